The van der Waals surface area contributed by atoms with Gasteiger partial charge in [0.15, 0.2) is 6.61 Å². The van der Waals surface area contributed by atoms with E-state index >= 15 is 0 Å². The second-order valence-corrected chi connectivity index (χ2v) is 4.89. The van der Waals surface area contributed by atoms with E-state index in [-0.39, 0.29) is 0 Å². The summed E-state index contributed by atoms with van der Waals surface area (Å²) in [6, 6.07) is 14.2. The summed E-state index contributed by atoms with van der Waals surface area (Å²) in [7, 11) is 0. The molecule has 1 aromatic heterocycles. The molecule has 0 atom stereocenters. The third-order valence-electron chi connectivity index (χ3n) is 2.81. The molecule has 3 rings (SSSR count). The minimum Gasteiger partial charge on any atom is -0.245 e. The summed E-state index contributed by atoms with van der Waals surface area (Å²) >= 11 is 3.51. The van der Waals surface area contributed by atoms with Crippen molar-refractivity contribution in [1.82, 2.24) is 5.10 Å². The van der Waals surface area contributed by atoms with Gasteiger partial charge in [-0.25, -0.2) is 4.84 Å². The van der Waals surface area contributed by atoms with Crippen molar-refractivity contribution in [1.29, 1.82) is 0 Å². The molecule has 0 radical (unpaired) electrons. The molecule has 0 saturated heterocycles. The second-order valence-electron chi connectivity index (χ2n) is 3.97. The molecule has 4 heteroatoms. The average molecular weight is 304 g/mol. The quantitative estimate of drug-likeness (QED) is 0.537. The highest BCUT2D eigenvalue weighted by molar-refractivity contribution is 9.10. The third-order valence-corrected chi connectivity index (χ3v) is 3.30. The van der Waals surface area contributed by atoms with Crippen molar-refractivity contribution in [3.05, 3.63) is 46.9 Å². The lowest BCUT2D eigenvalue weighted by Gasteiger charge is -2.01. The minimum absolute atomic E-state index is 0.584. The highest BCUT2D eigenvalue weighted by atomic mass is 79.9. The summed E-state index contributed by atoms with van der Waals surface area (Å²) in [5, 5.41) is 6.76. The Morgan fingerprint density at radius 2 is 2.00 bits per heavy atom. The Bertz CT molecular complexity index is 727. The van der Waals surface area contributed by atoms with Crippen LogP contribution >= 0.6 is 15.9 Å². The van der Waals surface area contributed by atoms with E-state index in [1.54, 1.807) is 4.85 Å². The van der Waals surface area contributed by atoms with Gasteiger partial charge in [-0.1, -0.05) is 34.1 Å². The second kappa shape index (κ2) is 4.53. The fourth-order valence-electron chi connectivity index (χ4n) is 2.05. The number of nitrogens with zero attached hydrogens (tertiary/aromatic N) is 2. The zero-order valence-electron chi connectivity index (χ0n) is 9.93. The first kappa shape index (κ1) is 11.4. The summed E-state index contributed by atoms with van der Waals surface area (Å²) in [6.45, 7) is 2.54. The molecular formula is C14H12BrN2O+. The van der Waals surface area contributed by atoms with Crippen LogP contribution in [-0.4, -0.2) is 11.7 Å². The summed E-state index contributed by atoms with van der Waals surface area (Å²) in [5.41, 5.74) is 1.90. The molecule has 3 nitrogen and oxygen atoms in total. The van der Waals surface area contributed by atoms with Crippen molar-refractivity contribution in [2.75, 3.05) is 6.61 Å². The van der Waals surface area contributed by atoms with Crippen LogP contribution in [0.3, 0.4) is 0 Å². The normalized spacial score (nSPS) is 11.0. The van der Waals surface area contributed by atoms with Gasteiger partial charge in [-0.3, -0.25) is 0 Å². The van der Waals surface area contributed by atoms with Crippen molar-refractivity contribution in [2.24, 2.45) is 0 Å². The summed E-state index contributed by atoms with van der Waals surface area (Å²) in [4.78, 5) is 7.16. The van der Waals surface area contributed by atoms with Crippen molar-refractivity contribution in [3.63, 3.8) is 0 Å². The van der Waals surface area contributed by atoms with E-state index in [0.29, 0.717) is 6.61 Å². The van der Waals surface area contributed by atoms with E-state index in [0.717, 1.165) is 26.3 Å². The molecule has 0 amide bonds. The topological polar surface area (TPSA) is 26.0 Å². The maximum absolute atomic E-state index is 5.56. The molecule has 0 spiro atoms. The maximum Gasteiger partial charge on any atom is 0.297 e. The molecule has 0 unspecified atom stereocenters. The monoisotopic (exact) mass is 303 g/mol. The number of benzene rings is 2. The predicted molar refractivity (Wildman–Crippen MR) is 74.3 cm³/mol. The van der Waals surface area contributed by atoms with Crippen molar-refractivity contribution in [3.8, 4) is 0 Å². The van der Waals surface area contributed by atoms with Gasteiger partial charge in [-0.15, -0.1) is 0 Å². The van der Waals surface area contributed by atoms with Crippen LogP contribution in [0.15, 0.2) is 46.9 Å². The summed E-state index contributed by atoms with van der Waals surface area (Å²) in [5.74, 6) is 0. The van der Waals surface area contributed by atoms with Gasteiger partial charge in [0.2, 0.25) is 0 Å². The van der Waals surface area contributed by atoms with Gasteiger partial charge in [-0.05, 0) is 25.1 Å². The maximum atomic E-state index is 5.56. The van der Waals surface area contributed by atoms with E-state index in [1.807, 2.05) is 37.3 Å². The lowest BCUT2D eigenvalue weighted by Crippen LogP contribution is -2.46. The molecule has 0 aliphatic heterocycles. The molecule has 3 aromatic rings. The SMILES string of the molecule is CCO[n+]1nc2ccccc2c2cc(Br)ccc21. The van der Waals surface area contributed by atoms with Gasteiger partial charge in [-0.2, -0.15) is 0 Å². The van der Waals surface area contributed by atoms with Gasteiger partial charge < -0.3 is 0 Å². The Kier molecular flexibility index (Phi) is 2.88. The number of aromatic nitrogens is 2. The van der Waals surface area contributed by atoms with E-state index < -0.39 is 0 Å². The van der Waals surface area contributed by atoms with Crippen LogP contribution in [0.2, 0.25) is 0 Å². The Labute approximate surface area is 113 Å². The first-order valence-electron chi connectivity index (χ1n) is 5.83. The lowest BCUT2D eigenvalue weighted by molar-refractivity contribution is -0.913. The molecule has 0 aliphatic rings. The molecule has 0 N–H and O–H groups in total. The minimum atomic E-state index is 0.584. The number of rotatable bonds is 2. The average Bonchev–Trinajstić information content (AvgIpc) is 2.39. The molecule has 0 fully saturated rings. The van der Waals surface area contributed by atoms with E-state index in [4.69, 9.17) is 4.84 Å². The van der Waals surface area contributed by atoms with Crippen LogP contribution in [-0.2, 0) is 0 Å². The van der Waals surface area contributed by atoms with Crippen LogP contribution in [0.1, 0.15) is 6.92 Å². The van der Waals surface area contributed by atoms with Gasteiger partial charge in [0.1, 0.15) is 10.4 Å². The number of hydrogen-bond donors (Lipinski definition) is 0. The smallest absolute Gasteiger partial charge is 0.245 e. The zero-order valence-corrected chi connectivity index (χ0v) is 11.5. The summed E-state index contributed by atoms with van der Waals surface area (Å²) in [6.07, 6.45) is 0. The fourth-order valence-corrected chi connectivity index (χ4v) is 2.41. The van der Waals surface area contributed by atoms with Gasteiger partial charge in [0, 0.05) is 15.9 Å². The van der Waals surface area contributed by atoms with E-state index in [2.05, 4.69) is 33.2 Å². The molecule has 0 bridgehead atoms. The molecule has 90 valence electrons. The molecule has 18 heavy (non-hydrogen) atoms. The Morgan fingerprint density at radius 1 is 1.17 bits per heavy atom. The van der Waals surface area contributed by atoms with Crippen LogP contribution in [0.25, 0.3) is 21.8 Å². The molecule has 0 saturated carbocycles. The molecular weight excluding hydrogens is 292 g/mol. The lowest BCUT2D eigenvalue weighted by atomic mass is 10.1. The zero-order chi connectivity index (χ0) is 12.5. The van der Waals surface area contributed by atoms with Gasteiger partial charge in [0.25, 0.3) is 5.52 Å². The largest absolute Gasteiger partial charge is 0.297 e. The molecule has 1 heterocycles. The summed E-state index contributed by atoms with van der Waals surface area (Å²) < 4.78 is 1.05. The van der Waals surface area contributed by atoms with Crippen LogP contribution < -0.4 is 9.68 Å². The van der Waals surface area contributed by atoms with Gasteiger partial charge >= 0.3 is 0 Å². The Hall–Kier alpha value is -1.68. The standard InChI is InChI=1S/C14H12BrN2O/c1-2-18-17-14-8-7-10(15)9-12(14)11-5-3-4-6-13(11)16-17/h3-9H,2H2,1H3/q+1. The first-order valence-corrected chi connectivity index (χ1v) is 6.62. The van der Waals surface area contributed by atoms with Crippen LogP contribution in [0, 0.1) is 0 Å². The highest BCUT2D eigenvalue weighted by Gasteiger charge is 2.16. The van der Waals surface area contributed by atoms with Crippen molar-refractivity contribution >= 4 is 37.7 Å². The van der Waals surface area contributed by atoms with Crippen molar-refractivity contribution < 1.29 is 9.68 Å². The number of halogens is 1. The van der Waals surface area contributed by atoms with Crippen molar-refractivity contribution in [2.45, 2.75) is 6.92 Å². The van der Waals surface area contributed by atoms with Crippen LogP contribution in [0.5, 0.6) is 0 Å². The number of fused-ring (bicyclic) bond motifs is 3. The van der Waals surface area contributed by atoms with E-state index in [1.165, 1.54) is 0 Å². The first-order chi connectivity index (χ1) is 8.79. The third kappa shape index (κ3) is 1.82. The van der Waals surface area contributed by atoms with Crippen LogP contribution in [0.4, 0.5) is 0 Å². The molecule has 0 aliphatic carbocycles. The number of hydrogen-bond acceptors (Lipinski definition) is 2. The predicted octanol–water partition coefficient (Wildman–Crippen LogP) is 2.89. The van der Waals surface area contributed by atoms with E-state index in [9.17, 15) is 0 Å². The highest BCUT2D eigenvalue weighted by Crippen LogP contribution is 2.23. The van der Waals surface area contributed by atoms with Gasteiger partial charge in [0.05, 0.1) is 10.5 Å². The Balaban J connectivity index is 2.46. The molecule has 2 aromatic carbocycles. The Morgan fingerprint density at radius 3 is 2.83 bits per heavy atom. The fraction of sp³-hybridized carbons (Fsp3) is 0.143.